The SMILES string of the molecule is CN(C)c1ccc(NC(=O)N2CCN(c3ccc(C#N)cn3)CC2)cc1. The van der Waals surface area contributed by atoms with Crippen molar-refractivity contribution in [1.82, 2.24) is 9.88 Å². The normalized spacial score (nSPS) is 13.9. The van der Waals surface area contributed by atoms with Gasteiger partial charge in [0.05, 0.1) is 5.56 Å². The number of nitrogens with one attached hydrogen (secondary N) is 1. The Morgan fingerprint density at radius 1 is 1.12 bits per heavy atom. The molecule has 0 unspecified atom stereocenters. The molecule has 3 rings (SSSR count). The van der Waals surface area contributed by atoms with Crippen LogP contribution in [0, 0.1) is 11.3 Å². The van der Waals surface area contributed by atoms with Crippen molar-refractivity contribution < 1.29 is 4.79 Å². The molecule has 0 saturated carbocycles. The molecule has 1 fully saturated rings. The summed E-state index contributed by atoms with van der Waals surface area (Å²) in [6.45, 7) is 2.68. The molecule has 134 valence electrons. The van der Waals surface area contributed by atoms with Gasteiger partial charge in [0.15, 0.2) is 0 Å². The Hall–Kier alpha value is -3.27. The van der Waals surface area contributed by atoms with Gasteiger partial charge in [-0.1, -0.05) is 0 Å². The van der Waals surface area contributed by atoms with Crippen LogP contribution in [0.4, 0.5) is 22.0 Å². The van der Waals surface area contributed by atoms with Crippen molar-refractivity contribution >= 4 is 23.2 Å². The number of hydrogen-bond donors (Lipinski definition) is 1. The number of amides is 2. The predicted molar refractivity (Wildman–Crippen MR) is 103 cm³/mol. The second-order valence-corrected chi connectivity index (χ2v) is 6.36. The van der Waals surface area contributed by atoms with Crippen molar-refractivity contribution in [3.8, 4) is 6.07 Å². The topological polar surface area (TPSA) is 75.5 Å². The number of nitriles is 1. The van der Waals surface area contributed by atoms with E-state index in [1.807, 2.05) is 49.3 Å². The first-order chi connectivity index (χ1) is 12.6. The van der Waals surface area contributed by atoms with Crippen LogP contribution in [-0.2, 0) is 0 Å². The highest BCUT2D eigenvalue weighted by Crippen LogP contribution is 2.17. The van der Waals surface area contributed by atoms with E-state index in [1.54, 1.807) is 17.2 Å². The van der Waals surface area contributed by atoms with Gasteiger partial charge in [-0.05, 0) is 36.4 Å². The maximum atomic E-state index is 12.4. The van der Waals surface area contributed by atoms with Gasteiger partial charge in [0.1, 0.15) is 11.9 Å². The summed E-state index contributed by atoms with van der Waals surface area (Å²) in [6, 6.07) is 13.4. The number of nitrogens with zero attached hydrogens (tertiary/aromatic N) is 5. The van der Waals surface area contributed by atoms with Crippen LogP contribution in [0.1, 0.15) is 5.56 Å². The van der Waals surface area contributed by atoms with Gasteiger partial charge in [-0.25, -0.2) is 9.78 Å². The van der Waals surface area contributed by atoms with Gasteiger partial charge in [0.2, 0.25) is 0 Å². The van der Waals surface area contributed by atoms with E-state index in [-0.39, 0.29) is 6.03 Å². The van der Waals surface area contributed by atoms with E-state index < -0.39 is 0 Å². The molecule has 2 heterocycles. The summed E-state index contributed by atoms with van der Waals surface area (Å²) in [4.78, 5) is 22.7. The molecule has 0 radical (unpaired) electrons. The molecule has 0 atom stereocenters. The fraction of sp³-hybridized carbons (Fsp3) is 0.316. The molecule has 7 nitrogen and oxygen atoms in total. The van der Waals surface area contributed by atoms with E-state index in [0.29, 0.717) is 31.7 Å². The molecular formula is C19H22N6O. The molecule has 1 aromatic carbocycles. The highest BCUT2D eigenvalue weighted by atomic mass is 16.2. The van der Waals surface area contributed by atoms with Crippen LogP contribution < -0.4 is 15.1 Å². The van der Waals surface area contributed by atoms with Gasteiger partial charge in [0, 0.05) is 57.8 Å². The van der Waals surface area contributed by atoms with E-state index in [4.69, 9.17) is 5.26 Å². The van der Waals surface area contributed by atoms with Crippen LogP contribution in [0.5, 0.6) is 0 Å². The van der Waals surface area contributed by atoms with Gasteiger partial charge in [-0.2, -0.15) is 5.26 Å². The molecule has 0 bridgehead atoms. The quantitative estimate of drug-likeness (QED) is 0.920. The standard InChI is InChI=1S/C19H22N6O/c1-23(2)17-6-4-16(5-7-17)22-19(26)25-11-9-24(10-12-25)18-8-3-15(13-20)14-21-18/h3-8,14H,9-12H2,1-2H3,(H,22,26). The van der Waals surface area contributed by atoms with Gasteiger partial charge >= 0.3 is 6.03 Å². The maximum absolute atomic E-state index is 12.4. The van der Waals surface area contributed by atoms with E-state index >= 15 is 0 Å². The number of hydrogen-bond acceptors (Lipinski definition) is 5. The molecule has 0 aliphatic carbocycles. The van der Waals surface area contributed by atoms with Crippen molar-refractivity contribution in [3.05, 3.63) is 48.2 Å². The average Bonchev–Trinajstić information content (AvgIpc) is 2.68. The summed E-state index contributed by atoms with van der Waals surface area (Å²) in [5.41, 5.74) is 2.43. The zero-order chi connectivity index (χ0) is 18.5. The number of piperazine rings is 1. The summed E-state index contributed by atoms with van der Waals surface area (Å²) in [7, 11) is 3.96. The Morgan fingerprint density at radius 3 is 2.35 bits per heavy atom. The Balaban J connectivity index is 1.53. The van der Waals surface area contributed by atoms with Crippen LogP contribution in [0.3, 0.4) is 0 Å². The van der Waals surface area contributed by atoms with Gasteiger partial charge < -0.3 is 20.0 Å². The molecule has 0 spiro atoms. The minimum atomic E-state index is -0.0879. The average molecular weight is 350 g/mol. The number of anilines is 3. The molecule has 1 saturated heterocycles. The summed E-state index contributed by atoms with van der Waals surface area (Å²) in [5.74, 6) is 0.836. The van der Waals surface area contributed by atoms with Gasteiger partial charge in [-0.15, -0.1) is 0 Å². The zero-order valence-electron chi connectivity index (χ0n) is 15.0. The molecular weight excluding hydrogens is 328 g/mol. The van der Waals surface area contributed by atoms with E-state index in [0.717, 1.165) is 17.2 Å². The first-order valence-corrected chi connectivity index (χ1v) is 8.51. The number of rotatable bonds is 3. The predicted octanol–water partition coefficient (Wildman–Crippen LogP) is 2.37. The van der Waals surface area contributed by atoms with E-state index in [9.17, 15) is 4.79 Å². The molecule has 1 aliphatic heterocycles. The lowest BCUT2D eigenvalue weighted by Crippen LogP contribution is -2.50. The number of carbonyl (C=O) groups excluding carboxylic acids is 1. The summed E-state index contributed by atoms with van der Waals surface area (Å²) in [5, 5.41) is 11.8. The fourth-order valence-electron chi connectivity index (χ4n) is 2.82. The lowest BCUT2D eigenvalue weighted by Gasteiger charge is -2.35. The second kappa shape index (κ2) is 7.74. The molecule has 2 aromatic rings. The van der Waals surface area contributed by atoms with E-state index in [1.165, 1.54) is 0 Å². The third kappa shape index (κ3) is 4.03. The molecule has 7 heteroatoms. The van der Waals surface area contributed by atoms with Crippen LogP contribution in [0.25, 0.3) is 0 Å². The summed E-state index contributed by atoms with van der Waals surface area (Å²) >= 11 is 0. The highest BCUT2D eigenvalue weighted by molar-refractivity contribution is 5.89. The number of urea groups is 1. The largest absolute Gasteiger partial charge is 0.378 e. The maximum Gasteiger partial charge on any atom is 0.321 e. The summed E-state index contributed by atoms with van der Waals surface area (Å²) in [6.07, 6.45) is 1.58. The molecule has 1 N–H and O–H groups in total. The minimum absolute atomic E-state index is 0.0879. The molecule has 1 aromatic heterocycles. The third-order valence-corrected chi connectivity index (χ3v) is 4.40. The van der Waals surface area contributed by atoms with Crippen molar-refractivity contribution in [2.24, 2.45) is 0 Å². The summed E-state index contributed by atoms with van der Waals surface area (Å²) < 4.78 is 0. The molecule has 26 heavy (non-hydrogen) atoms. The number of aromatic nitrogens is 1. The van der Waals surface area contributed by atoms with Crippen LogP contribution in [0.15, 0.2) is 42.6 Å². The minimum Gasteiger partial charge on any atom is -0.378 e. The second-order valence-electron chi connectivity index (χ2n) is 6.36. The van der Waals surface area contributed by atoms with Gasteiger partial charge in [-0.3, -0.25) is 0 Å². The number of carbonyl (C=O) groups is 1. The molecule has 2 amide bonds. The Labute approximate surface area is 153 Å². The van der Waals surface area contributed by atoms with Crippen LogP contribution in [-0.4, -0.2) is 56.2 Å². The lowest BCUT2D eigenvalue weighted by molar-refractivity contribution is 0.208. The first kappa shape index (κ1) is 17.5. The smallest absolute Gasteiger partial charge is 0.321 e. The van der Waals surface area contributed by atoms with Crippen molar-refractivity contribution in [2.75, 3.05) is 55.4 Å². The van der Waals surface area contributed by atoms with Crippen LogP contribution >= 0.6 is 0 Å². The van der Waals surface area contributed by atoms with Crippen molar-refractivity contribution in [3.63, 3.8) is 0 Å². The Kier molecular flexibility index (Phi) is 5.23. The zero-order valence-corrected chi connectivity index (χ0v) is 15.0. The molecule has 1 aliphatic rings. The first-order valence-electron chi connectivity index (χ1n) is 8.51. The van der Waals surface area contributed by atoms with Crippen molar-refractivity contribution in [1.29, 1.82) is 5.26 Å². The van der Waals surface area contributed by atoms with Gasteiger partial charge in [0.25, 0.3) is 0 Å². The highest BCUT2D eigenvalue weighted by Gasteiger charge is 2.22. The van der Waals surface area contributed by atoms with Crippen molar-refractivity contribution in [2.45, 2.75) is 0 Å². The lowest BCUT2D eigenvalue weighted by atomic mass is 10.2. The number of benzene rings is 1. The van der Waals surface area contributed by atoms with E-state index in [2.05, 4.69) is 21.3 Å². The fourth-order valence-corrected chi connectivity index (χ4v) is 2.82. The van der Waals surface area contributed by atoms with Crippen LogP contribution in [0.2, 0.25) is 0 Å². The monoisotopic (exact) mass is 350 g/mol. The third-order valence-electron chi connectivity index (χ3n) is 4.40. The Bertz CT molecular complexity index is 786. The Morgan fingerprint density at radius 2 is 1.81 bits per heavy atom. The number of pyridine rings is 1.